The summed E-state index contributed by atoms with van der Waals surface area (Å²) in [6, 6.07) is 16.9. The van der Waals surface area contributed by atoms with Crippen LogP contribution in [0.1, 0.15) is 30.5 Å². The quantitative estimate of drug-likeness (QED) is 0.297. The zero-order valence-electron chi connectivity index (χ0n) is 19.8. The number of ether oxygens (including phenoxy) is 1. The average molecular weight is 539 g/mol. The Kier molecular flexibility index (Phi) is 8.60. The Bertz CT molecular complexity index is 1380. The molecule has 0 aliphatic rings. The van der Waals surface area contributed by atoms with Gasteiger partial charge in [0.15, 0.2) is 0 Å². The minimum absolute atomic E-state index is 0.292. The summed E-state index contributed by atoms with van der Waals surface area (Å²) in [5.74, 6) is -1.32. The van der Waals surface area contributed by atoms with Crippen molar-refractivity contribution < 1.29 is 19.1 Å². The van der Waals surface area contributed by atoms with Gasteiger partial charge in [0.25, 0.3) is 5.91 Å². The Morgan fingerprint density at radius 2 is 1.86 bits per heavy atom. The number of esters is 1. The number of carbonyl (C=O) groups excluding carboxylic acids is 3. The molecular weight excluding hydrogens is 516 g/mol. The number of tetrazole rings is 1. The normalized spacial score (nSPS) is 11.5. The molecule has 0 saturated carbocycles. The lowest BCUT2D eigenvalue weighted by molar-refractivity contribution is -0.122. The van der Waals surface area contributed by atoms with Crippen LogP contribution in [0.4, 0.5) is 0 Å². The number of halogens is 1. The number of amides is 2. The number of hydrogen-bond acceptors (Lipinski definition) is 8. The molecule has 2 aromatic heterocycles. The number of carbonyl (C=O) groups is 3. The first-order chi connectivity index (χ1) is 17.9. The van der Waals surface area contributed by atoms with Gasteiger partial charge >= 0.3 is 5.97 Å². The Morgan fingerprint density at radius 1 is 1.08 bits per heavy atom. The van der Waals surface area contributed by atoms with Crippen LogP contribution in [0.3, 0.4) is 0 Å². The molecule has 190 valence electrons. The number of thiophene rings is 1. The predicted molar refractivity (Wildman–Crippen MR) is 138 cm³/mol. The SMILES string of the molecule is COC(=O)c1ccc(C(=O)NC(Cc2ccccc2)C(=O)NCCc2cc(Cl)ccc2-n2cnnn2)s1. The molecule has 2 amide bonds. The van der Waals surface area contributed by atoms with Gasteiger partial charge in [0, 0.05) is 18.0 Å². The zero-order chi connectivity index (χ0) is 26.2. The Hall–Kier alpha value is -4.09. The van der Waals surface area contributed by atoms with Crippen LogP contribution in [-0.4, -0.2) is 57.7 Å². The molecule has 0 radical (unpaired) electrons. The number of hydrogen-bond donors (Lipinski definition) is 2. The molecule has 2 aromatic carbocycles. The Morgan fingerprint density at radius 3 is 2.59 bits per heavy atom. The van der Waals surface area contributed by atoms with Gasteiger partial charge in [-0.15, -0.1) is 16.4 Å². The van der Waals surface area contributed by atoms with E-state index in [2.05, 4.69) is 26.2 Å². The summed E-state index contributed by atoms with van der Waals surface area (Å²) >= 11 is 7.18. The van der Waals surface area contributed by atoms with Gasteiger partial charge in [-0.05, 0) is 58.3 Å². The van der Waals surface area contributed by atoms with Crippen molar-refractivity contribution in [1.82, 2.24) is 30.8 Å². The highest BCUT2D eigenvalue weighted by atomic mass is 35.5. The first-order valence-corrected chi connectivity index (χ1v) is 12.5. The van der Waals surface area contributed by atoms with Gasteiger partial charge in [-0.1, -0.05) is 41.9 Å². The van der Waals surface area contributed by atoms with Gasteiger partial charge in [-0.25, -0.2) is 9.48 Å². The van der Waals surface area contributed by atoms with E-state index in [1.807, 2.05) is 30.3 Å². The van der Waals surface area contributed by atoms with Gasteiger partial charge < -0.3 is 15.4 Å². The van der Waals surface area contributed by atoms with E-state index in [9.17, 15) is 14.4 Å². The van der Waals surface area contributed by atoms with E-state index in [1.165, 1.54) is 30.3 Å². The van der Waals surface area contributed by atoms with Crippen molar-refractivity contribution in [3.8, 4) is 5.69 Å². The highest BCUT2D eigenvalue weighted by molar-refractivity contribution is 7.15. The number of rotatable bonds is 10. The molecule has 12 heteroatoms. The van der Waals surface area contributed by atoms with Crippen LogP contribution in [0.25, 0.3) is 5.69 Å². The van der Waals surface area contributed by atoms with Crippen LogP contribution in [-0.2, 0) is 22.4 Å². The third kappa shape index (κ3) is 6.78. The summed E-state index contributed by atoms with van der Waals surface area (Å²) in [6.07, 6.45) is 2.23. The van der Waals surface area contributed by atoms with Crippen LogP contribution in [0.15, 0.2) is 67.0 Å². The molecule has 4 rings (SSSR count). The van der Waals surface area contributed by atoms with Gasteiger partial charge in [0.2, 0.25) is 5.91 Å². The van der Waals surface area contributed by atoms with Crippen LogP contribution in [0, 0.1) is 0 Å². The maximum absolute atomic E-state index is 13.2. The third-order valence-electron chi connectivity index (χ3n) is 5.45. The Labute approximate surface area is 221 Å². The minimum atomic E-state index is -0.836. The molecule has 2 N–H and O–H groups in total. The van der Waals surface area contributed by atoms with E-state index in [4.69, 9.17) is 16.3 Å². The first kappa shape index (κ1) is 26.0. The molecule has 37 heavy (non-hydrogen) atoms. The molecule has 1 atom stereocenters. The van der Waals surface area contributed by atoms with E-state index in [-0.39, 0.29) is 5.91 Å². The van der Waals surface area contributed by atoms with E-state index < -0.39 is 17.9 Å². The summed E-state index contributed by atoms with van der Waals surface area (Å²) in [7, 11) is 1.28. The minimum Gasteiger partial charge on any atom is -0.465 e. The van der Waals surface area contributed by atoms with Gasteiger partial charge in [-0.2, -0.15) is 0 Å². The van der Waals surface area contributed by atoms with E-state index >= 15 is 0 Å². The van der Waals surface area contributed by atoms with E-state index in [0.717, 1.165) is 28.2 Å². The maximum Gasteiger partial charge on any atom is 0.348 e. The fourth-order valence-corrected chi connectivity index (χ4v) is 4.67. The number of nitrogens with zero attached hydrogens (tertiary/aromatic N) is 4. The lowest BCUT2D eigenvalue weighted by Crippen LogP contribution is -2.48. The molecule has 0 aliphatic carbocycles. The fourth-order valence-electron chi connectivity index (χ4n) is 3.65. The van der Waals surface area contributed by atoms with Crippen molar-refractivity contribution in [1.29, 1.82) is 0 Å². The lowest BCUT2D eigenvalue weighted by Gasteiger charge is -2.19. The molecule has 0 aliphatic heterocycles. The van der Waals surface area contributed by atoms with Crippen LogP contribution in [0.2, 0.25) is 5.02 Å². The highest BCUT2D eigenvalue weighted by Crippen LogP contribution is 2.20. The smallest absolute Gasteiger partial charge is 0.348 e. The van der Waals surface area contributed by atoms with Crippen LogP contribution in [0.5, 0.6) is 0 Å². The van der Waals surface area contributed by atoms with Crippen molar-refractivity contribution in [2.24, 2.45) is 0 Å². The molecule has 10 nitrogen and oxygen atoms in total. The van der Waals surface area contributed by atoms with Gasteiger partial charge in [0.05, 0.1) is 17.7 Å². The van der Waals surface area contributed by atoms with Crippen molar-refractivity contribution in [3.63, 3.8) is 0 Å². The summed E-state index contributed by atoms with van der Waals surface area (Å²) in [6.45, 7) is 0.293. The molecule has 0 spiro atoms. The lowest BCUT2D eigenvalue weighted by atomic mass is 10.0. The van der Waals surface area contributed by atoms with Crippen LogP contribution < -0.4 is 10.6 Å². The zero-order valence-corrected chi connectivity index (χ0v) is 21.3. The molecule has 0 saturated heterocycles. The van der Waals surface area contributed by atoms with E-state index in [0.29, 0.717) is 34.2 Å². The maximum atomic E-state index is 13.2. The van der Waals surface area contributed by atoms with E-state index in [1.54, 1.807) is 18.2 Å². The van der Waals surface area contributed by atoms with Crippen molar-refractivity contribution in [2.75, 3.05) is 13.7 Å². The first-order valence-electron chi connectivity index (χ1n) is 11.3. The molecular formula is C25H23ClN6O4S. The number of methoxy groups -OCH3 is 1. The topological polar surface area (TPSA) is 128 Å². The third-order valence-corrected chi connectivity index (χ3v) is 6.75. The second-order valence-corrected chi connectivity index (χ2v) is 9.46. The average Bonchev–Trinajstić information content (AvgIpc) is 3.61. The molecule has 4 aromatic rings. The molecule has 0 bridgehead atoms. The molecule has 1 unspecified atom stereocenters. The van der Waals surface area contributed by atoms with Gasteiger partial charge in [0.1, 0.15) is 17.2 Å². The predicted octanol–water partition coefficient (Wildman–Crippen LogP) is 2.86. The number of nitrogens with one attached hydrogen (secondary N) is 2. The summed E-state index contributed by atoms with van der Waals surface area (Å²) in [5, 5.41) is 17.5. The second kappa shape index (κ2) is 12.2. The summed E-state index contributed by atoms with van der Waals surface area (Å²) in [4.78, 5) is 38.5. The standard InChI is InChI=1S/C25H23ClN6O4S/c1-36-25(35)22-10-9-21(37-22)24(34)29-19(13-16-5-3-2-4-6-16)23(33)27-12-11-17-14-18(26)7-8-20(17)32-15-28-30-31-32/h2-10,14-15,19H,11-13H2,1H3,(H,27,33)(H,29,34). The highest BCUT2D eigenvalue weighted by Gasteiger charge is 2.23. The van der Waals surface area contributed by atoms with Crippen molar-refractivity contribution >= 4 is 40.7 Å². The fraction of sp³-hybridized carbons (Fsp3) is 0.200. The summed E-state index contributed by atoms with van der Waals surface area (Å²) < 4.78 is 6.23. The molecule has 0 fully saturated rings. The van der Waals surface area contributed by atoms with Gasteiger partial charge in [-0.3, -0.25) is 9.59 Å². The summed E-state index contributed by atoms with van der Waals surface area (Å²) in [5.41, 5.74) is 2.48. The monoisotopic (exact) mass is 538 g/mol. The Balaban J connectivity index is 1.45. The van der Waals surface area contributed by atoms with Crippen molar-refractivity contribution in [3.05, 3.63) is 92.9 Å². The number of aromatic nitrogens is 4. The largest absolute Gasteiger partial charge is 0.465 e. The van der Waals surface area contributed by atoms with Crippen LogP contribution >= 0.6 is 22.9 Å². The second-order valence-electron chi connectivity index (χ2n) is 7.94. The van der Waals surface area contributed by atoms with Crippen molar-refractivity contribution in [2.45, 2.75) is 18.9 Å². The number of benzene rings is 2. The molecule has 2 heterocycles.